The van der Waals surface area contributed by atoms with Crippen molar-refractivity contribution in [3.8, 4) is 5.75 Å². The monoisotopic (exact) mass is 341 g/mol. The number of hydrogen-bond donors (Lipinski definition) is 0. The van der Waals surface area contributed by atoms with Gasteiger partial charge in [0.1, 0.15) is 5.75 Å². The number of alkyl halides is 3. The van der Waals surface area contributed by atoms with Crippen molar-refractivity contribution in [1.29, 1.82) is 0 Å². The topological polar surface area (TPSA) is 47.4 Å². The summed E-state index contributed by atoms with van der Waals surface area (Å²) in [6.07, 6.45) is -2.21. The predicted octanol–water partition coefficient (Wildman–Crippen LogP) is 2.86. The molecule has 2 aromatic rings. The number of carbonyl (C=O) groups is 1. The number of aryl methyl sites for hydroxylation is 1. The maximum absolute atomic E-state index is 13.0. The van der Waals surface area contributed by atoms with Crippen LogP contribution in [0.1, 0.15) is 18.1 Å². The van der Waals surface area contributed by atoms with Gasteiger partial charge < -0.3 is 9.64 Å². The average Bonchev–Trinajstić information content (AvgIpc) is 2.90. The third-order valence-electron chi connectivity index (χ3n) is 3.40. The molecule has 0 aliphatic carbocycles. The highest BCUT2D eigenvalue weighted by Gasteiger charge is 2.35. The van der Waals surface area contributed by atoms with Gasteiger partial charge in [-0.3, -0.25) is 9.48 Å². The van der Waals surface area contributed by atoms with Crippen LogP contribution < -0.4 is 4.74 Å². The van der Waals surface area contributed by atoms with Gasteiger partial charge in [-0.25, -0.2) is 0 Å². The number of ether oxygens (including phenoxy) is 1. The lowest BCUT2D eigenvalue weighted by atomic mass is 10.2. The Labute approximate surface area is 137 Å². The van der Waals surface area contributed by atoms with E-state index in [1.807, 2.05) is 0 Å². The van der Waals surface area contributed by atoms with E-state index in [0.717, 1.165) is 11.6 Å². The standard InChI is InChI=1S/C16H18F3N3O2/c1-11(15(23)21(2)9-12-8-20-22(3)10-12)24-14-7-5-4-6-13(14)16(17,18)19/h4-8,10-11H,9H2,1-3H3/t11-/m0/s1. The Balaban J connectivity index is 2.06. The lowest BCUT2D eigenvalue weighted by molar-refractivity contribution is -0.143. The average molecular weight is 341 g/mol. The van der Waals surface area contributed by atoms with Gasteiger partial charge in [-0.05, 0) is 19.1 Å². The zero-order chi connectivity index (χ0) is 17.9. The van der Waals surface area contributed by atoms with E-state index in [1.54, 1.807) is 31.2 Å². The number of hydrogen-bond acceptors (Lipinski definition) is 3. The highest BCUT2D eigenvalue weighted by atomic mass is 19.4. The number of para-hydroxylation sites is 1. The molecule has 1 heterocycles. The van der Waals surface area contributed by atoms with E-state index in [-0.39, 0.29) is 5.75 Å². The first-order chi connectivity index (χ1) is 11.2. The summed E-state index contributed by atoms with van der Waals surface area (Å²) in [6, 6.07) is 4.83. The second-order valence-electron chi connectivity index (χ2n) is 5.47. The van der Waals surface area contributed by atoms with Crippen molar-refractivity contribution >= 4 is 5.91 Å². The molecule has 8 heteroatoms. The molecule has 1 aromatic heterocycles. The summed E-state index contributed by atoms with van der Waals surface area (Å²) in [5.41, 5.74) is -0.0872. The molecule has 0 spiro atoms. The van der Waals surface area contributed by atoms with E-state index in [0.29, 0.717) is 6.54 Å². The Morgan fingerprint density at radius 2 is 2.04 bits per heavy atom. The fraction of sp³-hybridized carbons (Fsp3) is 0.375. The Morgan fingerprint density at radius 1 is 1.38 bits per heavy atom. The molecule has 2 rings (SSSR count). The molecular weight excluding hydrogens is 323 g/mol. The Hall–Kier alpha value is -2.51. The second kappa shape index (κ2) is 6.94. The fourth-order valence-corrected chi connectivity index (χ4v) is 2.26. The first-order valence-corrected chi connectivity index (χ1v) is 7.24. The van der Waals surface area contributed by atoms with Gasteiger partial charge in [0.05, 0.1) is 11.8 Å². The highest BCUT2D eigenvalue weighted by molar-refractivity contribution is 5.80. The maximum Gasteiger partial charge on any atom is 0.419 e. The van der Waals surface area contributed by atoms with Gasteiger partial charge in [0.2, 0.25) is 0 Å². The molecule has 0 saturated heterocycles. The van der Waals surface area contributed by atoms with Crippen LogP contribution in [0.15, 0.2) is 36.7 Å². The summed E-state index contributed by atoms with van der Waals surface area (Å²) in [5, 5.41) is 4.00. The van der Waals surface area contributed by atoms with Gasteiger partial charge in [0.25, 0.3) is 5.91 Å². The van der Waals surface area contributed by atoms with Gasteiger partial charge >= 0.3 is 6.18 Å². The Kier molecular flexibility index (Phi) is 5.16. The number of benzene rings is 1. The van der Waals surface area contributed by atoms with E-state index in [9.17, 15) is 18.0 Å². The van der Waals surface area contributed by atoms with E-state index < -0.39 is 23.8 Å². The van der Waals surface area contributed by atoms with Gasteiger partial charge in [0.15, 0.2) is 6.10 Å². The zero-order valence-electron chi connectivity index (χ0n) is 13.5. The van der Waals surface area contributed by atoms with Crippen molar-refractivity contribution < 1.29 is 22.7 Å². The second-order valence-corrected chi connectivity index (χ2v) is 5.47. The number of aromatic nitrogens is 2. The van der Waals surface area contributed by atoms with Crippen LogP contribution in [0.4, 0.5) is 13.2 Å². The number of carbonyl (C=O) groups excluding carboxylic acids is 1. The third kappa shape index (κ3) is 4.27. The van der Waals surface area contributed by atoms with Gasteiger partial charge in [0, 0.05) is 32.4 Å². The number of amides is 1. The smallest absolute Gasteiger partial charge is 0.419 e. The minimum atomic E-state index is -4.54. The Morgan fingerprint density at radius 3 is 2.62 bits per heavy atom. The summed E-state index contributed by atoms with van der Waals surface area (Å²) in [4.78, 5) is 13.7. The van der Waals surface area contributed by atoms with Crippen molar-refractivity contribution in [2.24, 2.45) is 7.05 Å². The lowest BCUT2D eigenvalue weighted by Crippen LogP contribution is -2.37. The minimum absolute atomic E-state index is 0.293. The Bertz CT molecular complexity index is 713. The molecule has 1 amide bonds. The van der Waals surface area contributed by atoms with Crippen molar-refractivity contribution in [1.82, 2.24) is 14.7 Å². The van der Waals surface area contributed by atoms with Crippen LogP contribution in [0.5, 0.6) is 5.75 Å². The molecule has 0 saturated carbocycles. The van der Waals surface area contributed by atoms with Crippen molar-refractivity contribution in [3.05, 3.63) is 47.8 Å². The van der Waals surface area contributed by atoms with Crippen LogP contribution >= 0.6 is 0 Å². The molecule has 24 heavy (non-hydrogen) atoms. The largest absolute Gasteiger partial charge is 0.480 e. The van der Waals surface area contributed by atoms with Gasteiger partial charge in [-0.1, -0.05) is 12.1 Å². The molecule has 0 fully saturated rings. The molecule has 0 aliphatic rings. The lowest BCUT2D eigenvalue weighted by Gasteiger charge is -2.23. The van der Waals surface area contributed by atoms with Gasteiger partial charge in [-0.15, -0.1) is 0 Å². The van der Waals surface area contributed by atoms with E-state index >= 15 is 0 Å². The van der Waals surface area contributed by atoms with E-state index in [1.165, 1.54) is 30.0 Å². The van der Waals surface area contributed by atoms with Crippen molar-refractivity contribution in [3.63, 3.8) is 0 Å². The molecule has 0 aliphatic heterocycles. The normalized spacial score (nSPS) is 12.8. The number of rotatable bonds is 5. The van der Waals surface area contributed by atoms with Crippen molar-refractivity contribution in [2.75, 3.05) is 7.05 Å². The van der Waals surface area contributed by atoms with Crippen LogP contribution in [0, 0.1) is 0 Å². The van der Waals surface area contributed by atoms with Crippen molar-refractivity contribution in [2.45, 2.75) is 25.7 Å². The van der Waals surface area contributed by atoms with Crippen LogP contribution in [0.3, 0.4) is 0 Å². The summed E-state index contributed by atoms with van der Waals surface area (Å²) in [6.45, 7) is 1.72. The molecular formula is C16H18F3N3O2. The van der Waals surface area contributed by atoms with Crippen LogP contribution in [-0.4, -0.2) is 33.7 Å². The molecule has 130 valence electrons. The number of likely N-dealkylation sites (N-methyl/N-ethyl adjacent to an activating group) is 1. The van der Waals surface area contributed by atoms with Crippen LogP contribution in [-0.2, 0) is 24.6 Å². The molecule has 1 atom stereocenters. The molecule has 0 N–H and O–H groups in total. The summed E-state index contributed by atoms with van der Waals surface area (Å²) < 4.78 is 45.8. The maximum atomic E-state index is 13.0. The quantitative estimate of drug-likeness (QED) is 0.840. The summed E-state index contributed by atoms with van der Waals surface area (Å²) >= 11 is 0. The molecule has 5 nitrogen and oxygen atoms in total. The number of nitrogens with zero attached hydrogens (tertiary/aromatic N) is 3. The van der Waals surface area contributed by atoms with E-state index in [4.69, 9.17) is 4.74 Å². The first-order valence-electron chi connectivity index (χ1n) is 7.24. The fourth-order valence-electron chi connectivity index (χ4n) is 2.26. The summed E-state index contributed by atoms with van der Waals surface area (Å²) in [5.74, 6) is -0.781. The minimum Gasteiger partial charge on any atom is -0.480 e. The molecule has 0 unspecified atom stereocenters. The van der Waals surface area contributed by atoms with Gasteiger partial charge in [-0.2, -0.15) is 18.3 Å². The predicted molar refractivity (Wildman–Crippen MR) is 81.2 cm³/mol. The summed E-state index contributed by atoms with van der Waals surface area (Å²) in [7, 11) is 3.32. The number of halogens is 3. The van der Waals surface area contributed by atoms with E-state index in [2.05, 4.69) is 5.10 Å². The zero-order valence-corrected chi connectivity index (χ0v) is 13.5. The van der Waals surface area contributed by atoms with Crippen LogP contribution in [0.25, 0.3) is 0 Å². The molecule has 0 bridgehead atoms. The van der Waals surface area contributed by atoms with Crippen LogP contribution in [0.2, 0.25) is 0 Å². The first kappa shape index (κ1) is 17.8. The molecule has 0 radical (unpaired) electrons. The molecule has 1 aromatic carbocycles. The third-order valence-corrected chi connectivity index (χ3v) is 3.40. The highest BCUT2D eigenvalue weighted by Crippen LogP contribution is 2.36. The SMILES string of the molecule is C[C@H](Oc1ccccc1C(F)(F)F)C(=O)N(C)Cc1cnn(C)c1.